The Morgan fingerprint density at radius 1 is 1.07 bits per heavy atom. The third-order valence-electron chi connectivity index (χ3n) is 3.77. The van der Waals surface area contributed by atoms with E-state index in [-0.39, 0.29) is 23.4 Å². The van der Waals surface area contributed by atoms with Crippen molar-refractivity contribution in [1.29, 1.82) is 0 Å². The second-order valence-electron chi connectivity index (χ2n) is 6.50. The van der Waals surface area contributed by atoms with Crippen molar-refractivity contribution in [3.8, 4) is 5.75 Å². The van der Waals surface area contributed by atoms with Gasteiger partial charge < -0.3 is 10.1 Å². The van der Waals surface area contributed by atoms with E-state index in [4.69, 9.17) is 9.88 Å². The summed E-state index contributed by atoms with van der Waals surface area (Å²) in [7, 11) is -2.13. The Hall–Kier alpha value is -2.91. The third-order valence-corrected chi connectivity index (χ3v) is 4.70. The van der Waals surface area contributed by atoms with Crippen LogP contribution in [0.3, 0.4) is 0 Å². The first-order valence-electron chi connectivity index (χ1n) is 8.53. The average Bonchev–Trinajstić information content (AvgIpc) is 2.60. The van der Waals surface area contributed by atoms with Gasteiger partial charge in [0.05, 0.1) is 11.3 Å². The van der Waals surface area contributed by atoms with Crippen LogP contribution in [0, 0.1) is 0 Å². The van der Waals surface area contributed by atoms with Gasteiger partial charge in [-0.15, -0.1) is 0 Å². The van der Waals surface area contributed by atoms with E-state index in [1.807, 2.05) is 13.8 Å². The molecule has 2 rings (SSSR count). The fourth-order valence-electron chi connectivity index (χ4n) is 2.33. The first-order chi connectivity index (χ1) is 13.1. The molecule has 150 valence electrons. The van der Waals surface area contributed by atoms with Crippen LogP contribution < -0.4 is 20.1 Å². The maximum absolute atomic E-state index is 12.1. The van der Waals surface area contributed by atoms with Crippen LogP contribution in [0.2, 0.25) is 0 Å². The number of nitrogens with one attached hydrogen (secondary N) is 1. The number of carbonyl (C=O) groups is 2. The molecule has 0 fully saturated rings. The first-order valence-corrected chi connectivity index (χ1v) is 10.1. The molecule has 0 aliphatic heterocycles. The molecule has 0 heterocycles. The predicted molar refractivity (Wildman–Crippen MR) is 106 cm³/mol. The van der Waals surface area contributed by atoms with Gasteiger partial charge in [0.2, 0.25) is 10.0 Å². The molecule has 28 heavy (non-hydrogen) atoms. The minimum absolute atomic E-state index is 0.0224. The predicted octanol–water partition coefficient (Wildman–Crippen LogP) is 2.04. The van der Waals surface area contributed by atoms with Gasteiger partial charge in [0.1, 0.15) is 5.75 Å². The molecule has 0 saturated carbocycles. The van der Waals surface area contributed by atoms with Crippen LogP contribution in [0.15, 0.2) is 53.4 Å². The van der Waals surface area contributed by atoms with E-state index >= 15 is 0 Å². The number of ether oxygens (including phenoxy) is 1. The molecule has 8 nitrogen and oxygen atoms in total. The lowest BCUT2D eigenvalue weighted by Crippen LogP contribution is -2.40. The zero-order valence-corrected chi connectivity index (χ0v) is 16.7. The number of nitrogens with two attached hydrogens (primary N) is 1. The standard InChI is InChI=1S/C19H23N3O5S/c1-13(2)21-19(24)22(3)15-6-8-16(9-7-15)27-18(23)12-14-4-10-17(11-5-14)28(20,25)26/h4-11,13H,12H2,1-3H3,(H,21,24)(H2,20,25,26). The van der Waals surface area contributed by atoms with Gasteiger partial charge in [0, 0.05) is 18.8 Å². The number of hydrogen-bond donors (Lipinski definition) is 2. The fourth-order valence-corrected chi connectivity index (χ4v) is 2.85. The molecular formula is C19H23N3O5S. The van der Waals surface area contributed by atoms with E-state index in [9.17, 15) is 18.0 Å². The van der Waals surface area contributed by atoms with Crippen molar-refractivity contribution in [1.82, 2.24) is 5.32 Å². The summed E-state index contributed by atoms with van der Waals surface area (Å²) >= 11 is 0. The van der Waals surface area contributed by atoms with Gasteiger partial charge in [0.25, 0.3) is 0 Å². The van der Waals surface area contributed by atoms with Crippen molar-refractivity contribution < 1.29 is 22.7 Å². The summed E-state index contributed by atoms with van der Waals surface area (Å²) in [5.74, 6) is -0.158. The highest BCUT2D eigenvalue weighted by Crippen LogP contribution is 2.19. The summed E-state index contributed by atoms with van der Waals surface area (Å²) in [5, 5.41) is 7.82. The number of benzene rings is 2. The quantitative estimate of drug-likeness (QED) is 0.563. The number of esters is 1. The third kappa shape index (κ3) is 6.07. The van der Waals surface area contributed by atoms with Crippen LogP contribution in [0.25, 0.3) is 0 Å². The minimum atomic E-state index is -3.77. The van der Waals surface area contributed by atoms with Crippen molar-refractivity contribution in [2.45, 2.75) is 31.2 Å². The maximum atomic E-state index is 12.1. The normalized spacial score (nSPS) is 11.2. The largest absolute Gasteiger partial charge is 0.426 e. The smallest absolute Gasteiger partial charge is 0.321 e. The lowest BCUT2D eigenvalue weighted by molar-refractivity contribution is -0.133. The molecule has 3 N–H and O–H groups in total. The molecule has 0 atom stereocenters. The Bertz CT molecular complexity index is 939. The molecule has 0 spiro atoms. The first kappa shape index (κ1) is 21.4. The topological polar surface area (TPSA) is 119 Å². The molecule has 9 heteroatoms. The summed E-state index contributed by atoms with van der Waals surface area (Å²) in [4.78, 5) is 25.5. The Morgan fingerprint density at radius 2 is 1.64 bits per heavy atom. The van der Waals surface area contributed by atoms with Gasteiger partial charge in [-0.25, -0.2) is 18.4 Å². The number of hydrogen-bond acceptors (Lipinski definition) is 5. The van der Waals surface area contributed by atoms with Gasteiger partial charge in [-0.3, -0.25) is 9.69 Å². The second-order valence-corrected chi connectivity index (χ2v) is 8.06. The molecule has 0 bridgehead atoms. The van der Waals surface area contributed by atoms with Crippen LogP contribution >= 0.6 is 0 Å². The van der Waals surface area contributed by atoms with E-state index < -0.39 is 16.0 Å². The summed E-state index contributed by atoms with van der Waals surface area (Å²) in [6.07, 6.45) is -0.0245. The van der Waals surface area contributed by atoms with Gasteiger partial charge in [-0.05, 0) is 55.8 Å². The van der Waals surface area contributed by atoms with Crippen molar-refractivity contribution in [3.05, 3.63) is 54.1 Å². The Balaban J connectivity index is 1.96. The average molecular weight is 405 g/mol. The number of rotatable bonds is 6. The highest BCUT2D eigenvalue weighted by atomic mass is 32.2. The van der Waals surface area contributed by atoms with E-state index in [2.05, 4.69) is 5.32 Å². The van der Waals surface area contributed by atoms with Crippen LogP contribution in [-0.4, -0.2) is 33.5 Å². The van der Waals surface area contributed by atoms with Gasteiger partial charge >= 0.3 is 12.0 Å². The molecule has 0 radical (unpaired) electrons. The highest BCUT2D eigenvalue weighted by molar-refractivity contribution is 7.89. The van der Waals surface area contributed by atoms with Crippen molar-refractivity contribution in [3.63, 3.8) is 0 Å². The summed E-state index contributed by atoms with van der Waals surface area (Å²) in [5.41, 5.74) is 1.25. The second kappa shape index (κ2) is 8.85. The lowest BCUT2D eigenvalue weighted by Gasteiger charge is -2.20. The zero-order valence-electron chi connectivity index (χ0n) is 15.9. The van der Waals surface area contributed by atoms with Crippen molar-refractivity contribution in [2.24, 2.45) is 5.14 Å². The summed E-state index contributed by atoms with van der Waals surface area (Å²) in [6.45, 7) is 3.74. The Morgan fingerprint density at radius 3 is 2.14 bits per heavy atom. The highest BCUT2D eigenvalue weighted by Gasteiger charge is 2.13. The summed E-state index contributed by atoms with van der Waals surface area (Å²) < 4.78 is 27.7. The number of primary sulfonamides is 1. The van der Waals surface area contributed by atoms with Gasteiger partial charge in [-0.1, -0.05) is 12.1 Å². The zero-order chi connectivity index (χ0) is 20.9. The molecule has 0 unspecified atom stereocenters. The van der Waals surface area contributed by atoms with Crippen LogP contribution in [0.1, 0.15) is 19.4 Å². The van der Waals surface area contributed by atoms with Crippen LogP contribution in [0.5, 0.6) is 5.75 Å². The van der Waals surface area contributed by atoms with E-state index in [0.29, 0.717) is 17.0 Å². The Kier molecular flexibility index (Phi) is 6.76. The molecular weight excluding hydrogens is 382 g/mol. The summed E-state index contributed by atoms with van der Waals surface area (Å²) in [6, 6.07) is 12.0. The minimum Gasteiger partial charge on any atom is -0.426 e. The molecule has 2 amide bonds. The molecule has 0 aliphatic carbocycles. The number of amides is 2. The van der Waals surface area contributed by atoms with Crippen LogP contribution in [-0.2, 0) is 21.2 Å². The van der Waals surface area contributed by atoms with E-state index in [0.717, 1.165) is 0 Å². The number of nitrogens with zero attached hydrogens (tertiary/aromatic N) is 1. The molecule has 0 aliphatic rings. The monoisotopic (exact) mass is 405 g/mol. The van der Waals surface area contributed by atoms with Crippen molar-refractivity contribution in [2.75, 3.05) is 11.9 Å². The van der Waals surface area contributed by atoms with Crippen molar-refractivity contribution >= 4 is 27.7 Å². The number of anilines is 1. The number of urea groups is 1. The van der Waals surface area contributed by atoms with Gasteiger partial charge in [-0.2, -0.15) is 0 Å². The molecule has 2 aromatic carbocycles. The number of carbonyl (C=O) groups excluding carboxylic acids is 2. The van der Waals surface area contributed by atoms with E-state index in [1.54, 1.807) is 31.3 Å². The fraction of sp³-hybridized carbons (Fsp3) is 0.263. The lowest BCUT2D eigenvalue weighted by atomic mass is 10.1. The SMILES string of the molecule is CC(C)NC(=O)N(C)c1ccc(OC(=O)Cc2ccc(S(N)(=O)=O)cc2)cc1. The van der Waals surface area contributed by atoms with Gasteiger partial charge in [0.15, 0.2) is 0 Å². The van der Waals surface area contributed by atoms with Crippen LogP contribution in [0.4, 0.5) is 10.5 Å². The number of sulfonamides is 1. The van der Waals surface area contributed by atoms with E-state index in [1.165, 1.54) is 29.2 Å². The Labute approximate surface area is 164 Å². The molecule has 0 aromatic heterocycles. The molecule has 0 saturated heterocycles. The molecule has 2 aromatic rings. The maximum Gasteiger partial charge on any atom is 0.321 e.